The number of ether oxygens (including phenoxy) is 2. The molecule has 4 rings (SSSR count). The minimum Gasteiger partial charge on any atom is -0.465 e. The van der Waals surface area contributed by atoms with Crippen LogP contribution in [0.5, 0.6) is 0 Å². The molecular formula is C23H17NO6. The standard InChI is InChI=1S/C23H17NO6/c1-28-22(26)17-12-24(13-18(17)23(27)29-2)15-9-7-14(8-10-15)21-11-19(25)16-5-3-4-6-20(16)30-21/h3-13H,1-2H3. The summed E-state index contributed by atoms with van der Waals surface area (Å²) in [5, 5.41) is 0.524. The second-order valence-electron chi connectivity index (χ2n) is 6.49. The SMILES string of the molecule is COC(=O)c1cn(-c2ccc(-c3cc(=O)c4ccccc4o3)cc2)cc1C(=O)OC. The molecular weight excluding hydrogens is 386 g/mol. The average molecular weight is 403 g/mol. The molecule has 150 valence electrons. The van der Waals surface area contributed by atoms with Crippen LogP contribution in [0.2, 0.25) is 0 Å². The van der Waals surface area contributed by atoms with E-state index in [1.807, 2.05) is 6.07 Å². The number of hydrogen-bond acceptors (Lipinski definition) is 6. The summed E-state index contributed by atoms with van der Waals surface area (Å²) in [6.45, 7) is 0. The normalized spacial score (nSPS) is 10.7. The van der Waals surface area contributed by atoms with Crippen molar-refractivity contribution in [3.63, 3.8) is 0 Å². The van der Waals surface area contributed by atoms with Crippen LogP contribution in [0.25, 0.3) is 28.0 Å². The Morgan fingerprint density at radius 2 is 1.47 bits per heavy atom. The molecule has 7 nitrogen and oxygen atoms in total. The van der Waals surface area contributed by atoms with E-state index in [1.54, 1.807) is 47.0 Å². The fourth-order valence-electron chi connectivity index (χ4n) is 3.19. The van der Waals surface area contributed by atoms with E-state index in [0.717, 1.165) is 5.56 Å². The zero-order valence-electron chi connectivity index (χ0n) is 16.2. The van der Waals surface area contributed by atoms with Gasteiger partial charge in [0.25, 0.3) is 0 Å². The highest BCUT2D eigenvalue weighted by atomic mass is 16.5. The molecule has 0 bridgehead atoms. The average Bonchev–Trinajstić information content (AvgIpc) is 3.23. The van der Waals surface area contributed by atoms with E-state index in [9.17, 15) is 14.4 Å². The fourth-order valence-corrected chi connectivity index (χ4v) is 3.19. The third-order valence-corrected chi connectivity index (χ3v) is 4.72. The maximum Gasteiger partial charge on any atom is 0.340 e. The molecule has 7 heteroatoms. The Bertz CT molecular complexity index is 1280. The lowest BCUT2D eigenvalue weighted by Gasteiger charge is -2.06. The van der Waals surface area contributed by atoms with Crippen LogP contribution in [0, 0.1) is 0 Å². The number of esters is 2. The van der Waals surface area contributed by atoms with Crippen molar-refractivity contribution in [2.45, 2.75) is 0 Å². The van der Waals surface area contributed by atoms with Crippen molar-refractivity contribution >= 4 is 22.9 Å². The van der Waals surface area contributed by atoms with Gasteiger partial charge in [-0.25, -0.2) is 9.59 Å². The van der Waals surface area contributed by atoms with E-state index in [4.69, 9.17) is 13.9 Å². The van der Waals surface area contributed by atoms with E-state index in [1.165, 1.54) is 32.7 Å². The van der Waals surface area contributed by atoms with Crippen LogP contribution < -0.4 is 5.43 Å². The first-order valence-electron chi connectivity index (χ1n) is 9.04. The Hall–Kier alpha value is -4.13. The van der Waals surface area contributed by atoms with Gasteiger partial charge in [0.05, 0.1) is 30.7 Å². The van der Waals surface area contributed by atoms with Crippen LogP contribution in [0.4, 0.5) is 0 Å². The maximum absolute atomic E-state index is 12.3. The summed E-state index contributed by atoms with van der Waals surface area (Å²) in [6, 6.07) is 15.7. The molecule has 0 aliphatic carbocycles. The van der Waals surface area contributed by atoms with Crippen LogP contribution in [-0.4, -0.2) is 30.7 Å². The van der Waals surface area contributed by atoms with Gasteiger partial charge in [0, 0.05) is 29.7 Å². The molecule has 0 aliphatic rings. The van der Waals surface area contributed by atoms with Crippen molar-refractivity contribution in [1.29, 1.82) is 0 Å². The molecule has 0 spiro atoms. The molecule has 0 N–H and O–H groups in total. The Labute approximate surface area is 171 Å². The number of fused-ring (bicyclic) bond motifs is 1. The van der Waals surface area contributed by atoms with Gasteiger partial charge in [-0.2, -0.15) is 0 Å². The van der Waals surface area contributed by atoms with Crippen LogP contribution in [0.3, 0.4) is 0 Å². The Balaban J connectivity index is 1.72. The van der Waals surface area contributed by atoms with Gasteiger partial charge in [0.1, 0.15) is 11.3 Å². The second-order valence-corrected chi connectivity index (χ2v) is 6.49. The van der Waals surface area contributed by atoms with Crippen LogP contribution >= 0.6 is 0 Å². The third-order valence-electron chi connectivity index (χ3n) is 4.72. The zero-order valence-corrected chi connectivity index (χ0v) is 16.2. The summed E-state index contributed by atoms with van der Waals surface area (Å²) in [4.78, 5) is 36.3. The van der Waals surface area contributed by atoms with Gasteiger partial charge in [0.2, 0.25) is 0 Å². The Morgan fingerprint density at radius 1 is 0.867 bits per heavy atom. The summed E-state index contributed by atoms with van der Waals surface area (Å²) in [7, 11) is 2.49. The third kappa shape index (κ3) is 3.37. The molecule has 0 fully saturated rings. The number of hydrogen-bond donors (Lipinski definition) is 0. The number of carbonyl (C=O) groups is 2. The summed E-state index contributed by atoms with van der Waals surface area (Å²) in [5.41, 5.74) is 2.02. The number of carbonyl (C=O) groups excluding carboxylic acids is 2. The lowest BCUT2D eigenvalue weighted by molar-refractivity contribution is 0.0556. The van der Waals surface area contributed by atoms with Gasteiger partial charge < -0.3 is 18.5 Å². The molecule has 0 atom stereocenters. The van der Waals surface area contributed by atoms with Gasteiger partial charge in [-0.05, 0) is 36.4 Å². The van der Waals surface area contributed by atoms with Crippen molar-refractivity contribution in [1.82, 2.24) is 4.57 Å². The molecule has 0 unspecified atom stereocenters. The van der Waals surface area contributed by atoms with Crippen molar-refractivity contribution in [3.05, 3.63) is 88.3 Å². The Morgan fingerprint density at radius 3 is 2.07 bits per heavy atom. The van der Waals surface area contributed by atoms with Crippen LogP contribution in [0.1, 0.15) is 20.7 Å². The molecule has 0 radical (unpaired) electrons. The number of aromatic nitrogens is 1. The van der Waals surface area contributed by atoms with E-state index in [2.05, 4.69) is 0 Å². The van der Waals surface area contributed by atoms with Gasteiger partial charge >= 0.3 is 11.9 Å². The van der Waals surface area contributed by atoms with Crippen molar-refractivity contribution < 1.29 is 23.5 Å². The molecule has 2 aromatic carbocycles. The summed E-state index contributed by atoms with van der Waals surface area (Å²) < 4.78 is 17.0. The van der Waals surface area contributed by atoms with Gasteiger partial charge in [-0.1, -0.05) is 12.1 Å². The van der Waals surface area contributed by atoms with E-state index < -0.39 is 11.9 Å². The monoisotopic (exact) mass is 403 g/mol. The lowest BCUT2D eigenvalue weighted by Crippen LogP contribution is -2.08. The van der Waals surface area contributed by atoms with Gasteiger partial charge in [0.15, 0.2) is 5.43 Å². The molecule has 0 saturated heterocycles. The highest BCUT2D eigenvalue weighted by Crippen LogP contribution is 2.24. The summed E-state index contributed by atoms with van der Waals surface area (Å²) in [5.74, 6) is -0.823. The van der Waals surface area contributed by atoms with Gasteiger partial charge in [-0.15, -0.1) is 0 Å². The minimum atomic E-state index is -0.635. The number of nitrogens with zero attached hydrogens (tertiary/aromatic N) is 1. The highest BCUT2D eigenvalue weighted by molar-refractivity contribution is 6.03. The number of rotatable bonds is 4. The topological polar surface area (TPSA) is 87.7 Å². The fraction of sp³-hybridized carbons (Fsp3) is 0.0870. The first kappa shape index (κ1) is 19.2. The molecule has 2 heterocycles. The largest absolute Gasteiger partial charge is 0.465 e. The molecule has 30 heavy (non-hydrogen) atoms. The predicted molar refractivity (Wildman–Crippen MR) is 110 cm³/mol. The minimum absolute atomic E-state index is 0.106. The predicted octanol–water partition coefficient (Wildman–Crippen LogP) is 3.82. The molecule has 0 saturated carbocycles. The number of methoxy groups -OCH3 is 2. The second kappa shape index (κ2) is 7.71. The van der Waals surface area contributed by atoms with Crippen molar-refractivity contribution in [2.24, 2.45) is 0 Å². The summed E-state index contributed by atoms with van der Waals surface area (Å²) in [6.07, 6.45) is 3.01. The van der Waals surface area contributed by atoms with E-state index in [0.29, 0.717) is 22.4 Å². The smallest absolute Gasteiger partial charge is 0.340 e. The molecule has 2 aromatic heterocycles. The first-order chi connectivity index (χ1) is 14.5. The van der Waals surface area contributed by atoms with Gasteiger partial charge in [-0.3, -0.25) is 4.79 Å². The quantitative estimate of drug-likeness (QED) is 0.482. The molecule has 0 aliphatic heterocycles. The lowest BCUT2D eigenvalue weighted by atomic mass is 10.1. The molecule has 0 amide bonds. The Kier molecular flexibility index (Phi) is 4.93. The molecule has 4 aromatic rings. The zero-order chi connectivity index (χ0) is 21.3. The number of benzene rings is 2. The van der Waals surface area contributed by atoms with Crippen LogP contribution in [-0.2, 0) is 9.47 Å². The van der Waals surface area contributed by atoms with Crippen LogP contribution in [0.15, 0.2) is 76.2 Å². The first-order valence-corrected chi connectivity index (χ1v) is 9.04. The maximum atomic E-state index is 12.3. The highest BCUT2D eigenvalue weighted by Gasteiger charge is 2.21. The van der Waals surface area contributed by atoms with Crippen molar-refractivity contribution in [2.75, 3.05) is 14.2 Å². The van der Waals surface area contributed by atoms with Crippen molar-refractivity contribution in [3.8, 4) is 17.0 Å². The summed E-state index contributed by atoms with van der Waals surface area (Å²) >= 11 is 0. The van der Waals surface area contributed by atoms with E-state index >= 15 is 0 Å². The number of para-hydroxylation sites is 1. The van der Waals surface area contributed by atoms with E-state index in [-0.39, 0.29) is 16.6 Å².